The average Bonchev–Trinajstić information content (AvgIpc) is 2.79. The standard InChI is InChI=1S/C25H22N4O3/c1-17(30)29-20-8-5-9-22(14-20)32-25-23(24(26)27-16-28-25)19-10-12-21(13-11-19)31-15-18-6-3-2-4-7-18/h2-14,16H,15H2,1H3,(H,29,30)(H2,26,27,28). The molecule has 1 aromatic heterocycles. The molecule has 4 rings (SSSR count). The van der Waals surface area contributed by atoms with Gasteiger partial charge in [-0.25, -0.2) is 9.97 Å². The van der Waals surface area contributed by atoms with Gasteiger partial charge in [0.15, 0.2) is 0 Å². The van der Waals surface area contributed by atoms with E-state index in [2.05, 4.69) is 15.3 Å². The lowest BCUT2D eigenvalue weighted by Crippen LogP contribution is -2.05. The van der Waals surface area contributed by atoms with Gasteiger partial charge in [-0.2, -0.15) is 0 Å². The first-order chi connectivity index (χ1) is 15.6. The van der Waals surface area contributed by atoms with Crippen molar-refractivity contribution in [1.82, 2.24) is 9.97 Å². The minimum absolute atomic E-state index is 0.163. The number of amides is 1. The van der Waals surface area contributed by atoms with Crippen LogP contribution < -0.4 is 20.5 Å². The largest absolute Gasteiger partial charge is 0.489 e. The summed E-state index contributed by atoms with van der Waals surface area (Å²) in [4.78, 5) is 19.7. The molecule has 0 saturated carbocycles. The smallest absolute Gasteiger partial charge is 0.232 e. The molecule has 0 fully saturated rings. The molecule has 7 nitrogen and oxygen atoms in total. The summed E-state index contributed by atoms with van der Waals surface area (Å²) >= 11 is 0. The van der Waals surface area contributed by atoms with Crippen LogP contribution in [0.25, 0.3) is 11.1 Å². The van der Waals surface area contributed by atoms with Crippen LogP contribution in [0.3, 0.4) is 0 Å². The first kappa shape index (κ1) is 20.9. The number of hydrogen-bond donors (Lipinski definition) is 2. The molecule has 0 atom stereocenters. The highest BCUT2D eigenvalue weighted by Crippen LogP contribution is 2.36. The van der Waals surface area contributed by atoms with Gasteiger partial charge in [0.05, 0.1) is 5.56 Å². The van der Waals surface area contributed by atoms with E-state index in [1.165, 1.54) is 13.3 Å². The summed E-state index contributed by atoms with van der Waals surface area (Å²) in [6.07, 6.45) is 1.35. The fourth-order valence-corrected chi connectivity index (χ4v) is 3.14. The molecule has 0 aliphatic heterocycles. The Balaban J connectivity index is 1.54. The molecule has 7 heteroatoms. The van der Waals surface area contributed by atoms with Crippen LogP contribution in [0.15, 0.2) is 85.2 Å². The SMILES string of the molecule is CC(=O)Nc1cccc(Oc2ncnc(N)c2-c2ccc(OCc3ccccc3)cc2)c1. The van der Waals surface area contributed by atoms with E-state index >= 15 is 0 Å². The maximum absolute atomic E-state index is 11.3. The first-order valence-electron chi connectivity index (χ1n) is 10.0. The van der Waals surface area contributed by atoms with Crippen molar-refractivity contribution in [3.05, 3.63) is 90.8 Å². The van der Waals surface area contributed by atoms with Gasteiger partial charge in [-0.15, -0.1) is 0 Å². The van der Waals surface area contributed by atoms with E-state index in [-0.39, 0.29) is 5.91 Å². The third kappa shape index (κ3) is 5.20. The summed E-state index contributed by atoms with van der Waals surface area (Å²) in [5.41, 5.74) is 9.24. The van der Waals surface area contributed by atoms with Crippen molar-refractivity contribution in [3.8, 4) is 28.5 Å². The van der Waals surface area contributed by atoms with Crippen molar-refractivity contribution < 1.29 is 14.3 Å². The van der Waals surface area contributed by atoms with E-state index in [0.29, 0.717) is 35.3 Å². The molecule has 160 valence electrons. The number of nitrogens with two attached hydrogens (primary N) is 1. The van der Waals surface area contributed by atoms with Gasteiger partial charge in [0.2, 0.25) is 11.8 Å². The molecule has 0 aliphatic rings. The van der Waals surface area contributed by atoms with Crippen molar-refractivity contribution in [2.45, 2.75) is 13.5 Å². The number of aromatic nitrogens is 2. The van der Waals surface area contributed by atoms with E-state index in [9.17, 15) is 4.79 Å². The molecule has 3 N–H and O–H groups in total. The van der Waals surface area contributed by atoms with Crippen molar-refractivity contribution in [2.24, 2.45) is 0 Å². The summed E-state index contributed by atoms with van der Waals surface area (Å²) in [5, 5.41) is 2.73. The molecule has 1 heterocycles. The maximum Gasteiger partial charge on any atom is 0.232 e. The predicted octanol–water partition coefficient (Wildman–Crippen LogP) is 5.06. The van der Waals surface area contributed by atoms with E-state index in [1.807, 2.05) is 54.6 Å². The van der Waals surface area contributed by atoms with Crippen molar-refractivity contribution in [3.63, 3.8) is 0 Å². The van der Waals surface area contributed by atoms with Gasteiger partial charge >= 0.3 is 0 Å². The van der Waals surface area contributed by atoms with Gasteiger partial charge in [-0.1, -0.05) is 48.5 Å². The Labute approximate surface area is 185 Å². The Kier molecular flexibility index (Phi) is 6.27. The van der Waals surface area contributed by atoms with Crippen LogP contribution in [0.5, 0.6) is 17.4 Å². The highest BCUT2D eigenvalue weighted by Gasteiger charge is 2.14. The molecule has 0 spiro atoms. The third-order valence-corrected chi connectivity index (χ3v) is 4.60. The van der Waals surface area contributed by atoms with E-state index in [0.717, 1.165) is 16.9 Å². The van der Waals surface area contributed by atoms with Crippen LogP contribution >= 0.6 is 0 Å². The van der Waals surface area contributed by atoms with E-state index in [1.54, 1.807) is 24.3 Å². The lowest BCUT2D eigenvalue weighted by molar-refractivity contribution is -0.114. The van der Waals surface area contributed by atoms with Gasteiger partial charge in [0.25, 0.3) is 0 Å². The van der Waals surface area contributed by atoms with Gasteiger partial charge in [0.1, 0.15) is 30.3 Å². The van der Waals surface area contributed by atoms with Crippen LogP contribution in [0.2, 0.25) is 0 Å². The van der Waals surface area contributed by atoms with Gasteiger partial charge in [-0.3, -0.25) is 4.79 Å². The molecule has 0 saturated heterocycles. The zero-order valence-electron chi connectivity index (χ0n) is 17.5. The van der Waals surface area contributed by atoms with Gasteiger partial charge in [0, 0.05) is 18.7 Å². The number of benzene rings is 3. The average molecular weight is 426 g/mol. The number of carbonyl (C=O) groups is 1. The van der Waals surface area contributed by atoms with E-state index in [4.69, 9.17) is 15.2 Å². The van der Waals surface area contributed by atoms with E-state index < -0.39 is 0 Å². The second-order valence-electron chi connectivity index (χ2n) is 7.05. The number of nitrogens with one attached hydrogen (secondary N) is 1. The second kappa shape index (κ2) is 9.61. The van der Waals surface area contributed by atoms with Gasteiger partial charge < -0.3 is 20.5 Å². The second-order valence-corrected chi connectivity index (χ2v) is 7.05. The molecule has 4 aromatic rings. The Morgan fingerprint density at radius 1 is 0.938 bits per heavy atom. The number of nitrogens with zero attached hydrogens (tertiary/aromatic N) is 2. The Morgan fingerprint density at radius 3 is 2.47 bits per heavy atom. The van der Waals surface area contributed by atoms with Crippen LogP contribution in [0, 0.1) is 0 Å². The number of rotatable bonds is 7. The van der Waals surface area contributed by atoms with Gasteiger partial charge in [-0.05, 0) is 35.4 Å². The molecule has 32 heavy (non-hydrogen) atoms. The topological polar surface area (TPSA) is 99.4 Å². The molecular weight excluding hydrogens is 404 g/mol. The lowest BCUT2D eigenvalue weighted by Gasteiger charge is -2.13. The van der Waals surface area contributed by atoms with Crippen molar-refractivity contribution in [1.29, 1.82) is 0 Å². The maximum atomic E-state index is 11.3. The van der Waals surface area contributed by atoms with Crippen LogP contribution in [0.1, 0.15) is 12.5 Å². The van der Waals surface area contributed by atoms with Crippen LogP contribution in [0.4, 0.5) is 11.5 Å². The number of carbonyl (C=O) groups excluding carboxylic acids is 1. The Morgan fingerprint density at radius 2 is 1.72 bits per heavy atom. The summed E-state index contributed by atoms with van der Waals surface area (Å²) < 4.78 is 11.8. The summed E-state index contributed by atoms with van der Waals surface area (Å²) in [7, 11) is 0. The highest BCUT2D eigenvalue weighted by atomic mass is 16.5. The van der Waals surface area contributed by atoms with Crippen LogP contribution in [-0.4, -0.2) is 15.9 Å². The number of ether oxygens (including phenoxy) is 2. The normalized spacial score (nSPS) is 10.4. The fourth-order valence-electron chi connectivity index (χ4n) is 3.14. The predicted molar refractivity (Wildman–Crippen MR) is 123 cm³/mol. The highest BCUT2D eigenvalue weighted by molar-refractivity contribution is 5.88. The number of nitrogen functional groups attached to an aromatic ring is 1. The Bertz CT molecular complexity index is 1210. The fraction of sp³-hybridized carbons (Fsp3) is 0.0800. The first-order valence-corrected chi connectivity index (χ1v) is 10.0. The third-order valence-electron chi connectivity index (χ3n) is 4.60. The van der Waals surface area contributed by atoms with Crippen LogP contribution in [-0.2, 0) is 11.4 Å². The number of anilines is 2. The molecular formula is C25H22N4O3. The van der Waals surface area contributed by atoms with Crippen molar-refractivity contribution >= 4 is 17.4 Å². The molecule has 3 aromatic carbocycles. The molecule has 0 radical (unpaired) electrons. The minimum Gasteiger partial charge on any atom is -0.489 e. The monoisotopic (exact) mass is 426 g/mol. The zero-order chi connectivity index (χ0) is 22.3. The lowest BCUT2D eigenvalue weighted by atomic mass is 10.1. The number of hydrogen-bond acceptors (Lipinski definition) is 6. The summed E-state index contributed by atoms with van der Waals surface area (Å²) in [5.74, 6) is 1.70. The minimum atomic E-state index is -0.163. The summed E-state index contributed by atoms with van der Waals surface area (Å²) in [6, 6.07) is 24.5. The molecule has 0 bridgehead atoms. The quantitative estimate of drug-likeness (QED) is 0.429. The molecule has 0 aliphatic carbocycles. The summed E-state index contributed by atoms with van der Waals surface area (Å²) in [6.45, 7) is 1.93. The Hall–Kier alpha value is -4.39. The zero-order valence-corrected chi connectivity index (χ0v) is 17.5. The molecule has 1 amide bonds. The van der Waals surface area contributed by atoms with Crippen molar-refractivity contribution in [2.75, 3.05) is 11.1 Å². The molecule has 0 unspecified atom stereocenters.